The molecule has 82 valence electrons. The van der Waals surface area contributed by atoms with Gasteiger partial charge >= 0.3 is 5.97 Å². The molecule has 2 atom stereocenters. The van der Waals surface area contributed by atoms with Crippen molar-refractivity contribution in [2.24, 2.45) is 0 Å². The van der Waals surface area contributed by atoms with Crippen molar-refractivity contribution in [2.45, 2.75) is 18.7 Å². The lowest BCUT2D eigenvalue weighted by Gasteiger charge is -2.29. The van der Waals surface area contributed by atoms with E-state index in [-0.39, 0.29) is 12.3 Å². The molecule has 2 aliphatic heterocycles. The summed E-state index contributed by atoms with van der Waals surface area (Å²) in [6, 6.07) is 0. The summed E-state index contributed by atoms with van der Waals surface area (Å²) < 4.78 is 0. The van der Waals surface area contributed by atoms with Gasteiger partial charge in [0.05, 0.1) is 11.7 Å². The summed E-state index contributed by atoms with van der Waals surface area (Å²) in [7, 11) is 0. The first-order chi connectivity index (χ1) is 7.18. The molecule has 0 amide bonds. The fourth-order valence-electron chi connectivity index (χ4n) is 1.97. The number of nitrogens with zero attached hydrogens (tertiary/aromatic N) is 1. The number of hydrogen-bond acceptors (Lipinski definition) is 4. The van der Waals surface area contributed by atoms with Crippen LogP contribution in [-0.4, -0.2) is 46.4 Å². The van der Waals surface area contributed by atoms with Gasteiger partial charge in [0.2, 0.25) is 0 Å². The van der Waals surface area contributed by atoms with Gasteiger partial charge in [0, 0.05) is 13.1 Å². The van der Waals surface area contributed by atoms with Gasteiger partial charge in [0.25, 0.3) is 0 Å². The molecular formula is C10H14N2O3. The zero-order valence-corrected chi connectivity index (χ0v) is 8.26. The summed E-state index contributed by atoms with van der Waals surface area (Å²) in [5.74, 6) is -0.918. The summed E-state index contributed by atoms with van der Waals surface area (Å²) in [5, 5.41) is 21.4. The van der Waals surface area contributed by atoms with E-state index < -0.39 is 5.97 Å². The van der Waals surface area contributed by atoms with Crippen LogP contribution in [0.1, 0.15) is 6.42 Å². The van der Waals surface area contributed by atoms with Gasteiger partial charge in [0.15, 0.2) is 0 Å². The maximum Gasteiger partial charge on any atom is 0.335 e. The zero-order chi connectivity index (χ0) is 10.8. The molecule has 2 heterocycles. The number of hydrogen-bond donors (Lipinski definition) is 3. The second kappa shape index (κ2) is 4.04. The Labute approximate surface area is 87.7 Å². The molecule has 0 spiro atoms. The Hall–Kier alpha value is -1.33. The number of nitrogens with one attached hydrogen (secondary N) is 1. The molecule has 1 fully saturated rings. The first-order valence-corrected chi connectivity index (χ1v) is 4.96. The lowest BCUT2D eigenvalue weighted by molar-refractivity contribution is -0.133. The molecule has 0 radical (unpaired) electrons. The first kappa shape index (κ1) is 10.2. The number of allylic oxidation sites excluding steroid dienone is 2. The predicted octanol–water partition coefficient (Wildman–Crippen LogP) is -0.493. The van der Waals surface area contributed by atoms with Crippen molar-refractivity contribution >= 4 is 5.97 Å². The van der Waals surface area contributed by atoms with Crippen molar-refractivity contribution < 1.29 is 15.0 Å². The van der Waals surface area contributed by atoms with Crippen molar-refractivity contribution in [3.05, 3.63) is 23.9 Å². The zero-order valence-electron chi connectivity index (χ0n) is 8.26. The number of carboxylic acid groups (broad SMARTS) is 1. The lowest BCUT2D eigenvalue weighted by atomic mass is 10.1. The van der Waals surface area contributed by atoms with E-state index in [0.717, 1.165) is 6.54 Å². The third kappa shape index (κ3) is 2.03. The largest absolute Gasteiger partial charge is 0.478 e. The van der Waals surface area contributed by atoms with Crippen molar-refractivity contribution in [3.63, 3.8) is 0 Å². The Bertz CT molecular complexity index is 325. The summed E-state index contributed by atoms with van der Waals surface area (Å²) in [4.78, 5) is 12.9. The van der Waals surface area contributed by atoms with Gasteiger partial charge in [-0.2, -0.15) is 0 Å². The van der Waals surface area contributed by atoms with Gasteiger partial charge in [-0.15, -0.1) is 0 Å². The minimum absolute atomic E-state index is 0.315. The maximum atomic E-state index is 11.0. The van der Waals surface area contributed by atoms with Crippen LogP contribution in [0.2, 0.25) is 0 Å². The molecule has 1 saturated heterocycles. The first-order valence-electron chi connectivity index (χ1n) is 4.96. The van der Waals surface area contributed by atoms with E-state index in [0.29, 0.717) is 18.5 Å². The molecule has 1 unspecified atom stereocenters. The SMILES string of the molecule is O=C(O)C1=CC=CNC1N1CC[C@H](O)C1. The smallest absolute Gasteiger partial charge is 0.335 e. The van der Waals surface area contributed by atoms with E-state index in [1.807, 2.05) is 4.90 Å². The highest BCUT2D eigenvalue weighted by Crippen LogP contribution is 2.18. The Morgan fingerprint density at radius 1 is 1.60 bits per heavy atom. The summed E-state index contributed by atoms with van der Waals surface area (Å²) >= 11 is 0. The fourth-order valence-corrected chi connectivity index (χ4v) is 1.97. The van der Waals surface area contributed by atoms with Crippen LogP contribution in [0.3, 0.4) is 0 Å². The van der Waals surface area contributed by atoms with Crippen molar-refractivity contribution in [3.8, 4) is 0 Å². The second-order valence-electron chi connectivity index (χ2n) is 3.79. The molecule has 0 aliphatic carbocycles. The number of β-amino-alcohol motifs (C(OH)–C–C–N with tert-alkyl or cyclic N) is 1. The lowest BCUT2D eigenvalue weighted by Crippen LogP contribution is -2.46. The van der Waals surface area contributed by atoms with Crippen molar-refractivity contribution in [1.29, 1.82) is 0 Å². The van der Waals surface area contributed by atoms with E-state index in [1.165, 1.54) is 0 Å². The molecule has 0 aromatic heterocycles. The number of aliphatic carboxylic acids is 1. The normalized spacial score (nSPS) is 31.1. The average Bonchev–Trinajstić information content (AvgIpc) is 2.65. The molecule has 2 rings (SSSR count). The van der Waals surface area contributed by atoms with E-state index >= 15 is 0 Å². The number of aliphatic hydroxyl groups excluding tert-OH is 1. The highest BCUT2D eigenvalue weighted by molar-refractivity contribution is 5.88. The summed E-state index contributed by atoms with van der Waals surface area (Å²) in [6.07, 6.45) is 5.04. The topological polar surface area (TPSA) is 72.8 Å². The number of likely N-dealkylation sites (tertiary alicyclic amines) is 1. The van der Waals surface area contributed by atoms with Crippen LogP contribution in [-0.2, 0) is 4.79 Å². The van der Waals surface area contributed by atoms with E-state index in [1.54, 1.807) is 18.4 Å². The molecular weight excluding hydrogens is 196 g/mol. The third-order valence-electron chi connectivity index (χ3n) is 2.73. The van der Waals surface area contributed by atoms with Gasteiger partial charge < -0.3 is 15.5 Å². The number of carbonyl (C=O) groups is 1. The molecule has 2 aliphatic rings. The minimum Gasteiger partial charge on any atom is -0.478 e. The monoisotopic (exact) mass is 210 g/mol. The van der Waals surface area contributed by atoms with Crippen LogP contribution in [0.15, 0.2) is 23.9 Å². The van der Waals surface area contributed by atoms with Crippen LogP contribution in [0.25, 0.3) is 0 Å². The van der Waals surface area contributed by atoms with Gasteiger partial charge in [-0.25, -0.2) is 4.79 Å². The molecule has 0 aromatic carbocycles. The fraction of sp³-hybridized carbons (Fsp3) is 0.500. The van der Waals surface area contributed by atoms with E-state index in [2.05, 4.69) is 5.32 Å². The molecule has 0 saturated carbocycles. The van der Waals surface area contributed by atoms with Crippen LogP contribution >= 0.6 is 0 Å². The van der Waals surface area contributed by atoms with E-state index in [9.17, 15) is 9.90 Å². The predicted molar refractivity (Wildman–Crippen MR) is 54.0 cm³/mol. The maximum absolute atomic E-state index is 11.0. The second-order valence-corrected chi connectivity index (χ2v) is 3.79. The molecule has 0 bridgehead atoms. The molecule has 0 aromatic rings. The number of rotatable bonds is 2. The Balaban J connectivity index is 2.11. The van der Waals surface area contributed by atoms with Gasteiger partial charge in [-0.05, 0) is 24.8 Å². The van der Waals surface area contributed by atoms with Crippen molar-refractivity contribution in [2.75, 3.05) is 13.1 Å². The Kier molecular flexibility index (Phi) is 2.75. The van der Waals surface area contributed by atoms with Crippen LogP contribution in [0.5, 0.6) is 0 Å². The standard InChI is InChI=1S/C10H14N2O3/c13-7-3-5-12(6-7)9-8(10(14)15)2-1-4-11-9/h1-2,4,7,9,11,13H,3,5-6H2,(H,14,15)/t7-,9?/m0/s1. The molecule has 5 nitrogen and oxygen atoms in total. The number of dihydropyridines is 1. The third-order valence-corrected chi connectivity index (χ3v) is 2.73. The van der Waals surface area contributed by atoms with Crippen molar-refractivity contribution in [1.82, 2.24) is 10.2 Å². The van der Waals surface area contributed by atoms with Gasteiger partial charge in [-0.3, -0.25) is 4.90 Å². The summed E-state index contributed by atoms with van der Waals surface area (Å²) in [5.41, 5.74) is 0.326. The molecule has 15 heavy (non-hydrogen) atoms. The quantitative estimate of drug-likeness (QED) is 0.573. The Morgan fingerprint density at radius 3 is 3.00 bits per heavy atom. The summed E-state index contributed by atoms with van der Waals surface area (Å²) in [6.45, 7) is 1.24. The highest BCUT2D eigenvalue weighted by atomic mass is 16.4. The Morgan fingerprint density at radius 2 is 2.40 bits per heavy atom. The van der Waals surface area contributed by atoms with Gasteiger partial charge in [0.1, 0.15) is 6.17 Å². The average molecular weight is 210 g/mol. The van der Waals surface area contributed by atoms with E-state index in [4.69, 9.17) is 5.11 Å². The minimum atomic E-state index is -0.918. The van der Waals surface area contributed by atoms with Gasteiger partial charge in [-0.1, -0.05) is 0 Å². The number of aliphatic hydroxyl groups is 1. The van der Waals surface area contributed by atoms with Crippen LogP contribution in [0.4, 0.5) is 0 Å². The highest BCUT2D eigenvalue weighted by Gasteiger charge is 2.31. The number of carboxylic acids is 1. The molecule has 5 heteroatoms. The van der Waals surface area contributed by atoms with Crippen LogP contribution in [0, 0.1) is 0 Å². The van der Waals surface area contributed by atoms with Crippen LogP contribution < -0.4 is 5.32 Å². The molecule has 3 N–H and O–H groups in total.